The number of rotatable bonds is 7. The van der Waals surface area contributed by atoms with E-state index >= 15 is 0 Å². The Morgan fingerprint density at radius 3 is 2.56 bits per heavy atom. The van der Waals surface area contributed by atoms with Gasteiger partial charge in [0.05, 0.1) is 23.6 Å². The van der Waals surface area contributed by atoms with E-state index in [1.54, 1.807) is 19.1 Å². The van der Waals surface area contributed by atoms with Crippen molar-refractivity contribution in [2.75, 3.05) is 25.0 Å². The molecule has 5 rings (SSSR count). The van der Waals surface area contributed by atoms with Crippen LogP contribution in [0.5, 0.6) is 0 Å². The van der Waals surface area contributed by atoms with Crippen LogP contribution >= 0.6 is 0 Å². The molecule has 2 aliphatic heterocycles. The van der Waals surface area contributed by atoms with E-state index in [-0.39, 0.29) is 5.91 Å². The maximum absolute atomic E-state index is 13.2. The lowest BCUT2D eigenvalue weighted by atomic mass is 9.90. The normalized spacial score (nSPS) is 17.5. The second-order valence-electron chi connectivity index (χ2n) is 8.97. The molecule has 0 bridgehead atoms. The summed E-state index contributed by atoms with van der Waals surface area (Å²) >= 11 is 0. The molecule has 3 aromatic carbocycles. The fraction of sp³-hybridized carbons (Fsp3) is 0.233. The highest BCUT2D eigenvalue weighted by Gasteiger charge is 2.36. The minimum absolute atomic E-state index is 0.164. The number of aliphatic imine (C=N–C) groups is 1. The first kappa shape index (κ1) is 23.7. The summed E-state index contributed by atoms with van der Waals surface area (Å²) in [5.41, 5.74) is 5.40. The average molecular weight is 480 g/mol. The number of anilines is 1. The van der Waals surface area contributed by atoms with Gasteiger partial charge in [0.2, 0.25) is 5.91 Å². The van der Waals surface area contributed by atoms with Gasteiger partial charge < -0.3 is 10.1 Å². The van der Waals surface area contributed by atoms with Crippen molar-refractivity contribution in [3.05, 3.63) is 107 Å². The number of carbonyl (C=O) groups excluding carboxylic acids is 2. The van der Waals surface area contributed by atoms with E-state index in [1.165, 1.54) is 5.56 Å². The van der Waals surface area contributed by atoms with E-state index < -0.39 is 11.9 Å². The Labute approximate surface area is 211 Å². The van der Waals surface area contributed by atoms with Gasteiger partial charge in [0.25, 0.3) is 0 Å². The molecule has 0 spiro atoms. The maximum atomic E-state index is 13.2. The molecule has 1 amide bonds. The number of hydrogen-bond acceptors (Lipinski definition) is 5. The van der Waals surface area contributed by atoms with E-state index in [9.17, 15) is 9.59 Å². The zero-order valence-electron chi connectivity index (χ0n) is 20.3. The summed E-state index contributed by atoms with van der Waals surface area (Å²) in [6.45, 7) is 5.02. The number of nitrogens with zero attached hydrogens (tertiary/aromatic N) is 2. The molecule has 0 aliphatic carbocycles. The molecule has 2 aliphatic rings. The second kappa shape index (κ2) is 10.7. The van der Waals surface area contributed by atoms with Gasteiger partial charge in [-0.05, 0) is 54.3 Å². The van der Waals surface area contributed by atoms with Crippen molar-refractivity contribution in [3.8, 4) is 0 Å². The lowest BCUT2D eigenvalue weighted by molar-refractivity contribution is -0.115. The van der Waals surface area contributed by atoms with Crippen LogP contribution in [0.4, 0.5) is 11.4 Å². The van der Waals surface area contributed by atoms with Crippen molar-refractivity contribution >= 4 is 29.0 Å². The summed E-state index contributed by atoms with van der Waals surface area (Å²) < 4.78 is 5.11. The van der Waals surface area contributed by atoms with Crippen molar-refractivity contribution in [1.29, 1.82) is 0 Å². The first-order chi connectivity index (χ1) is 17.6. The first-order valence-electron chi connectivity index (χ1n) is 12.3. The van der Waals surface area contributed by atoms with Crippen LogP contribution < -0.4 is 5.32 Å². The molecule has 2 heterocycles. The van der Waals surface area contributed by atoms with Gasteiger partial charge in [-0.25, -0.2) is 4.79 Å². The molecule has 0 fully saturated rings. The van der Waals surface area contributed by atoms with Crippen molar-refractivity contribution in [3.63, 3.8) is 0 Å². The molecule has 6 heteroatoms. The summed E-state index contributed by atoms with van der Waals surface area (Å²) in [4.78, 5) is 32.8. The largest absolute Gasteiger partial charge is 0.462 e. The Bertz CT molecular complexity index is 1310. The number of hydrogen-bond donors (Lipinski definition) is 1. The Morgan fingerprint density at radius 1 is 1.03 bits per heavy atom. The van der Waals surface area contributed by atoms with E-state index in [1.807, 2.05) is 48.5 Å². The number of fused-ring (bicyclic) bond motifs is 1. The smallest absolute Gasteiger partial charge is 0.338 e. The van der Waals surface area contributed by atoms with Crippen LogP contribution in [0.2, 0.25) is 0 Å². The van der Waals surface area contributed by atoms with E-state index in [0.717, 1.165) is 42.9 Å². The van der Waals surface area contributed by atoms with Gasteiger partial charge in [0.15, 0.2) is 0 Å². The molecule has 1 unspecified atom stereocenters. The SMILES string of the molecule is CCOC(=O)c1ccc2c(c1)NC(=O)C2C(=Nc1ccc(CN2CC=CCC2)cc1)c1ccccc1. The van der Waals surface area contributed by atoms with Crippen LogP contribution in [0.3, 0.4) is 0 Å². The standard InChI is InChI=1S/C30H29N3O3/c1-2-36-30(35)23-13-16-25-26(19-23)32-29(34)27(25)28(22-9-5-3-6-10-22)31-24-14-11-21(12-15-24)20-33-17-7-4-8-18-33/h3-7,9-16,19,27H,2,8,17-18,20H2,1H3,(H,32,34). The third-order valence-electron chi connectivity index (χ3n) is 6.47. The predicted octanol–water partition coefficient (Wildman–Crippen LogP) is 5.48. The molecule has 1 N–H and O–H groups in total. The maximum Gasteiger partial charge on any atom is 0.338 e. The van der Waals surface area contributed by atoms with E-state index in [4.69, 9.17) is 9.73 Å². The molecule has 1 atom stereocenters. The van der Waals surface area contributed by atoms with Crippen LogP contribution in [0.15, 0.2) is 89.9 Å². The van der Waals surface area contributed by atoms with E-state index in [2.05, 4.69) is 34.5 Å². The molecule has 0 aromatic heterocycles. The Morgan fingerprint density at radius 2 is 1.83 bits per heavy atom. The molecule has 0 saturated carbocycles. The molecule has 0 saturated heterocycles. The summed E-state index contributed by atoms with van der Waals surface area (Å²) in [6.07, 6.45) is 5.54. The highest BCUT2D eigenvalue weighted by atomic mass is 16.5. The average Bonchev–Trinajstić information content (AvgIpc) is 3.24. The summed E-state index contributed by atoms with van der Waals surface area (Å²) in [5, 5.41) is 2.94. The summed E-state index contributed by atoms with van der Waals surface area (Å²) in [6, 6.07) is 23.2. The zero-order chi connectivity index (χ0) is 24.9. The lowest BCUT2D eigenvalue weighted by Crippen LogP contribution is -2.26. The molecule has 36 heavy (non-hydrogen) atoms. The molecule has 182 valence electrons. The molecule has 0 radical (unpaired) electrons. The van der Waals surface area contributed by atoms with Crippen LogP contribution in [0.1, 0.15) is 46.3 Å². The Hall–Kier alpha value is -4.03. The molecule has 6 nitrogen and oxygen atoms in total. The fourth-order valence-corrected chi connectivity index (χ4v) is 4.69. The number of amides is 1. The van der Waals surface area contributed by atoms with Gasteiger partial charge in [-0.3, -0.25) is 14.7 Å². The monoisotopic (exact) mass is 479 g/mol. The molecule has 3 aromatic rings. The zero-order valence-corrected chi connectivity index (χ0v) is 20.3. The van der Waals surface area contributed by atoms with Crippen molar-refractivity contribution in [2.45, 2.75) is 25.8 Å². The predicted molar refractivity (Wildman–Crippen MR) is 142 cm³/mol. The van der Waals surface area contributed by atoms with Crippen LogP contribution in [-0.2, 0) is 16.1 Å². The third kappa shape index (κ3) is 5.14. The minimum Gasteiger partial charge on any atom is -0.462 e. The van der Waals surface area contributed by atoms with Crippen LogP contribution in [0.25, 0.3) is 0 Å². The van der Waals surface area contributed by atoms with Gasteiger partial charge in [-0.2, -0.15) is 0 Å². The van der Waals surface area contributed by atoms with Gasteiger partial charge in [0, 0.05) is 25.3 Å². The Kier molecular flexibility index (Phi) is 7.05. The van der Waals surface area contributed by atoms with Gasteiger partial charge in [-0.1, -0.05) is 60.7 Å². The minimum atomic E-state index is -0.585. The Balaban J connectivity index is 1.47. The number of benzene rings is 3. The highest BCUT2D eigenvalue weighted by molar-refractivity contribution is 6.24. The van der Waals surface area contributed by atoms with Crippen molar-refractivity contribution < 1.29 is 14.3 Å². The van der Waals surface area contributed by atoms with Gasteiger partial charge in [-0.15, -0.1) is 0 Å². The van der Waals surface area contributed by atoms with Crippen LogP contribution in [0, 0.1) is 0 Å². The quantitative estimate of drug-likeness (QED) is 0.277. The van der Waals surface area contributed by atoms with Crippen molar-refractivity contribution in [2.24, 2.45) is 4.99 Å². The third-order valence-corrected chi connectivity index (χ3v) is 6.47. The lowest BCUT2D eigenvalue weighted by Gasteiger charge is -2.22. The van der Waals surface area contributed by atoms with Gasteiger partial charge in [0.1, 0.15) is 5.92 Å². The van der Waals surface area contributed by atoms with Gasteiger partial charge >= 0.3 is 5.97 Å². The number of esters is 1. The first-order valence-corrected chi connectivity index (χ1v) is 12.3. The number of carbonyl (C=O) groups is 2. The number of ether oxygens (including phenoxy) is 1. The topological polar surface area (TPSA) is 71.0 Å². The molecular weight excluding hydrogens is 450 g/mol. The summed E-state index contributed by atoms with van der Waals surface area (Å²) in [7, 11) is 0. The number of nitrogens with one attached hydrogen (secondary N) is 1. The molecular formula is C30H29N3O3. The fourth-order valence-electron chi connectivity index (χ4n) is 4.69. The van der Waals surface area contributed by atoms with E-state index in [0.29, 0.717) is 23.6 Å². The van der Waals surface area contributed by atoms with Crippen LogP contribution in [-0.4, -0.2) is 42.2 Å². The van der Waals surface area contributed by atoms with Crippen molar-refractivity contribution in [1.82, 2.24) is 4.90 Å². The highest BCUT2D eigenvalue weighted by Crippen LogP contribution is 2.37. The second-order valence-corrected chi connectivity index (χ2v) is 8.97. The summed E-state index contributed by atoms with van der Waals surface area (Å²) in [5.74, 6) is -1.16.